The van der Waals surface area contributed by atoms with Gasteiger partial charge in [0.15, 0.2) is 0 Å². The van der Waals surface area contributed by atoms with E-state index in [1.807, 2.05) is 60.9 Å². The van der Waals surface area contributed by atoms with Crippen molar-refractivity contribution >= 4 is 34.5 Å². The van der Waals surface area contributed by atoms with E-state index < -0.39 is 6.04 Å². The summed E-state index contributed by atoms with van der Waals surface area (Å²) in [4.78, 5) is 29.9. The first-order chi connectivity index (χ1) is 14.6. The molecule has 0 radical (unpaired) electrons. The number of aromatic nitrogens is 1. The van der Waals surface area contributed by atoms with E-state index in [4.69, 9.17) is 4.74 Å². The Morgan fingerprint density at radius 2 is 1.93 bits per heavy atom. The fourth-order valence-electron chi connectivity index (χ4n) is 3.02. The molecule has 6 nitrogen and oxygen atoms in total. The van der Waals surface area contributed by atoms with E-state index in [1.165, 1.54) is 0 Å². The van der Waals surface area contributed by atoms with Crippen LogP contribution >= 0.6 is 11.8 Å². The molecule has 2 N–H and O–H groups in total. The fraction of sp³-hybridized carbons (Fsp3) is 0.261. The van der Waals surface area contributed by atoms with E-state index in [9.17, 15) is 9.59 Å². The first kappa shape index (κ1) is 21.6. The van der Waals surface area contributed by atoms with Crippen molar-refractivity contribution in [3.05, 3.63) is 71.9 Å². The Balaban J connectivity index is 1.67. The summed E-state index contributed by atoms with van der Waals surface area (Å²) in [5.74, 6) is 0.906. The van der Waals surface area contributed by atoms with Gasteiger partial charge in [-0.05, 0) is 48.3 Å². The lowest BCUT2D eigenvalue weighted by molar-refractivity contribution is -0.123. The van der Waals surface area contributed by atoms with Crippen LogP contribution in [0.25, 0.3) is 10.9 Å². The largest absolute Gasteiger partial charge is 0.497 e. The van der Waals surface area contributed by atoms with Gasteiger partial charge in [-0.1, -0.05) is 36.4 Å². The lowest BCUT2D eigenvalue weighted by atomic mass is 10.1. The van der Waals surface area contributed by atoms with Crippen molar-refractivity contribution in [3.63, 3.8) is 0 Å². The molecule has 30 heavy (non-hydrogen) atoms. The van der Waals surface area contributed by atoms with Crippen LogP contribution in [0.2, 0.25) is 0 Å². The van der Waals surface area contributed by atoms with Crippen molar-refractivity contribution in [1.82, 2.24) is 15.6 Å². The molecule has 7 heteroatoms. The van der Waals surface area contributed by atoms with Gasteiger partial charge in [0.05, 0.1) is 12.6 Å². The van der Waals surface area contributed by atoms with E-state index in [-0.39, 0.29) is 11.8 Å². The first-order valence-corrected chi connectivity index (χ1v) is 11.1. The number of benzene rings is 2. The Labute approximate surface area is 180 Å². The number of hydrogen-bond donors (Lipinski definition) is 2. The number of ether oxygens (including phenoxy) is 1. The number of hydrogen-bond acceptors (Lipinski definition) is 5. The maximum absolute atomic E-state index is 12.8. The molecule has 2 aromatic carbocycles. The zero-order valence-corrected chi connectivity index (χ0v) is 17.9. The van der Waals surface area contributed by atoms with Gasteiger partial charge in [0.1, 0.15) is 17.5 Å². The summed E-state index contributed by atoms with van der Waals surface area (Å²) in [6, 6.07) is 18.0. The summed E-state index contributed by atoms with van der Waals surface area (Å²) in [7, 11) is 1.60. The van der Waals surface area contributed by atoms with Crippen LogP contribution in [0.3, 0.4) is 0 Å². The van der Waals surface area contributed by atoms with Gasteiger partial charge in [0.2, 0.25) is 5.91 Å². The van der Waals surface area contributed by atoms with Crippen molar-refractivity contribution in [2.24, 2.45) is 0 Å². The molecule has 0 bridgehead atoms. The van der Waals surface area contributed by atoms with E-state index in [2.05, 4.69) is 15.6 Å². The summed E-state index contributed by atoms with van der Waals surface area (Å²) in [6.07, 6.45) is 2.50. The van der Waals surface area contributed by atoms with Crippen LogP contribution in [-0.4, -0.2) is 42.0 Å². The van der Waals surface area contributed by atoms with Crippen molar-refractivity contribution in [1.29, 1.82) is 0 Å². The Morgan fingerprint density at radius 3 is 2.73 bits per heavy atom. The molecule has 3 aromatic rings. The zero-order valence-electron chi connectivity index (χ0n) is 17.1. The molecule has 0 aliphatic heterocycles. The predicted octanol–water partition coefficient (Wildman–Crippen LogP) is 3.41. The summed E-state index contributed by atoms with van der Waals surface area (Å²) in [5.41, 5.74) is 1.96. The molecule has 0 saturated carbocycles. The van der Waals surface area contributed by atoms with E-state index >= 15 is 0 Å². The highest BCUT2D eigenvalue weighted by molar-refractivity contribution is 7.98. The summed E-state index contributed by atoms with van der Waals surface area (Å²) >= 11 is 1.63. The molecule has 0 unspecified atom stereocenters. The quantitative estimate of drug-likeness (QED) is 0.551. The van der Waals surface area contributed by atoms with Crippen molar-refractivity contribution < 1.29 is 14.3 Å². The molecule has 2 amide bonds. The second kappa shape index (κ2) is 10.6. The van der Waals surface area contributed by atoms with Gasteiger partial charge in [-0.3, -0.25) is 9.59 Å². The van der Waals surface area contributed by atoms with Crippen molar-refractivity contribution in [2.45, 2.75) is 19.0 Å². The number of pyridine rings is 1. The Morgan fingerprint density at radius 1 is 1.10 bits per heavy atom. The maximum atomic E-state index is 12.8. The molecule has 0 aliphatic rings. The van der Waals surface area contributed by atoms with Gasteiger partial charge in [-0.15, -0.1) is 0 Å². The van der Waals surface area contributed by atoms with Gasteiger partial charge in [-0.25, -0.2) is 4.98 Å². The van der Waals surface area contributed by atoms with Crippen LogP contribution in [0.4, 0.5) is 0 Å². The number of carbonyl (C=O) groups excluding carboxylic acids is 2. The average Bonchev–Trinajstić information content (AvgIpc) is 2.79. The minimum Gasteiger partial charge on any atom is -0.497 e. The van der Waals surface area contributed by atoms with E-state index in [0.29, 0.717) is 18.7 Å². The minimum atomic E-state index is -0.635. The van der Waals surface area contributed by atoms with Crippen LogP contribution in [0.5, 0.6) is 5.75 Å². The average molecular weight is 424 g/mol. The molecule has 1 aromatic heterocycles. The summed E-state index contributed by atoms with van der Waals surface area (Å²) in [6.45, 7) is 0.357. The third kappa shape index (κ3) is 5.73. The number of para-hydroxylation sites is 1. The molecule has 0 saturated heterocycles. The molecular formula is C23H25N3O3S. The first-order valence-electron chi connectivity index (χ1n) is 9.67. The third-order valence-corrected chi connectivity index (χ3v) is 5.31. The molecule has 156 valence electrons. The molecular weight excluding hydrogens is 398 g/mol. The van der Waals surface area contributed by atoms with Gasteiger partial charge in [0.25, 0.3) is 5.91 Å². The SMILES string of the molecule is COc1cccc(CNC(=O)[C@H](CCSC)NC(=O)c2ccc3ccccc3n2)c1. The molecule has 1 heterocycles. The Bertz CT molecular complexity index is 1030. The Hall–Kier alpha value is -3.06. The smallest absolute Gasteiger partial charge is 0.270 e. The minimum absolute atomic E-state index is 0.221. The van der Waals surface area contributed by atoms with Crippen molar-refractivity contribution in [2.75, 3.05) is 19.1 Å². The lowest BCUT2D eigenvalue weighted by Gasteiger charge is -2.18. The zero-order chi connectivity index (χ0) is 21.3. The highest BCUT2D eigenvalue weighted by atomic mass is 32.2. The van der Waals surface area contributed by atoms with Gasteiger partial charge < -0.3 is 15.4 Å². The fourth-order valence-corrected chi connectivity index (χ4v) is 3.50. The topological polar surface area (TPSA) is 80.3 Å². The number of methoxy groups -OCH3 is 1. The maximum Gasteiger partial charge on any atom is 0.270 e. The molecule has 0 aliphatic carbocycles. The number of amides is 2. The van der Waals surface area contributed by atoms with Crippen LogP contribution in [0, 0.1) is 0 Å². The van der Waals surface area contributed by atoms with Gasteiger partial charge in [-0.2, -0.15) is 11.8 Å². The molecule has 0 spiro atoms. The second-order valence-corrected chi connectivity index (χ2v) is 7.75. The number of thioether (sulfide) groups is 1. The molecule has 3 rings (SSSR count). The predicted molar refractivity (Wildman–Crippen MR) is 121 cm³/mol. The number of fused-ring (bicyclic) bond motifs is 1. The van der Waals surface area contributed by atoms with Crippen LogP contribution in [0.15, 0.2) is 60.7 Å². The number of carbonyl (C=O) groups is 2. The van der Waals surface area contributed by atoms with Crippen LogP contribution in [0.1, 0.15) is 22.5 Å². The second-order valence-electron chi connectivity index (χ2n) is 6.77. The number of nitrogens with one attached hydrogen (secondary N) is 2. The van der Waals surface area contributed by atoms with Crippen LogP contribution < -0.4 is 15.4 Å². The van der Waals surface area contributed by atoms with E-state index in [0.717, 1.165) is 28.0 Å². The number of rotatable bonds is 9. The van der Waals surface area contributed by atoms with Crippen LogP contribution in [-0.2, 0) is 11.3 Å². The van der Waals surface area contributed by atoms with Gasteiger partial charge in [0, 0.05) is 11.9 Å². The van der Waals surface area contributed by atoms with E-state index in [1.54, 1.807) is 24.9 Å². The van der Waals surface area contributed by atoms with Crippen molar-refractivity contribution in [3.8, 4) is 5.75 Å². The number of nitrogens with zero attached hydrogens (tertiary/aromatic N) is 1. The van der Waals surface area contributed by atoms with Gasteiger partial charge >= 0.3 is 0 Å². The summed E-state index contributed by atoms with van der Waals surface area (Å²) in [5, 5.41) is 6.71. The highest BCUT2D eigenvalue weighted by Crippen LogP contribution is 2.13. The molecule has 0 fully saturated rings. The lowest BCUT2D eigenvalue weighted by Crippen LogP contribution is -2.47. The normalized spacial score (nSPS) is 11.7. The highest BCUT2D eigenvalue weighted by Gasteiger charge is 2.21. The monoisotopic (exact) mass is 423 g/mol. The third-order valence-electron chi connectivity index (χ3n) is 4.66. The standard InChI is InChI=1S/C23H25N3O3S/c1-29-18-8-5-6-16(14-18)15-24-22(27)21(12-13-30-2)26-23(28)20-11-10-17-7-3-4-9-19(17)25-20/h3-11,14,21H,12-13,15H2,1-2H3,(H,24,27)(H,26,28)/t21-/m0/s1. The Kier molecular flexibility index (Phi) is 7.68. The summed E-state index contributed by atoms with van der Waals surface area (Å²) < 4.78 is 5.21. The molecule has 1 atom stereocenters.